The summed E-state index contributed by atoms with van der Waals surface area (Å²) in [6.07, 6.45) is 0.350. The van der Waals surface area contributed by atoms with Gasteiger partial charge in [0.25, 0.3) is 5.91 Å². The Hall–Kier alpha value is -2.93. The Morgan fingerprint density at radius 3 is 2.56 bits per heavy atom. The molecule has 1 heterocycles. The Bertz CT molecular complexity index is 940. The molecule has 138 valence electrons. The molecule has 7 heteroatoms. The zero-order valence-electron chi connectivity index (χ0n) is 14.6. The summed E-state index contributed by atoms with van der Waals surface area (Å²) in [5.41, 5.74) is 1.40. The van der Waals surface area contributed by atoms with Gasteiger partial charge < -0.3 is 15.2 Å². The summed E-state index contributed by atoms with van der Waals surface area (Å²) in [4.78, 5) is 25.4. The third-order valence-electron chi connectivity index (χ3n) is 3.87. The summed E-state index contributed by atoms with van der Waals surface area (Å²) in [5, 5.41) is 9.26. The Morgan fingerprint density at radius 2 is 1.89 bits per heavy atom. The molecule has 3 rings (SSSR count). The van der Waals surface area contributed by atoms with Crippen molar-refractivity contribution in [3.8, 4) is 0 Å². The number of aryl methyl sites for hydroxylation is 1. The SMILES string of the molecule is Cc1cc(NC(=O)[C@H](Cc2ccccc2)NC(=O)c2cccc(Br)c2)no1. The summed E-state index contributed by atoms with van der Waals surface area (Å²) >= 11 is 3.35. The number of carbonyl (C=O) groups is 2. The topological polar surface area (TPSA) is 84.2 Å². The predicted octanol–water partition coefficient (Wildman–Crippen LogP) is 3.73. The maximum atomic E-state index is 12.7. The van der Waals surface area contributed by atoms with Crippen LogP contribution in [0.15, 0.2) is 69.7 Å². The Morgan fingerprint density at radius 1 is 1.11 bits per heavy atom. The first-order valence-electron chi connectivity index (χ1n) is 8.36. The van der Waals surface area contributed by atoms with Gasteiger partial charge in [0, 0.05) is 22.5 Å². The largest absolute Gasteiger partial charge is 0.360 e. The number of hydrogen-bond acceptors (Lipinski definition) is 4. The van der Waals surface area contributed by atoms with Crippen molar-refractivity contribution < 1.29 is 14.1 Å². The molecule has 0 aliphatic rings. The molecule has 0 unspecified atom stereocenters. The smallest absolute Gasteiger partial charge is 0.251 e. The number of rotatable bonds is 6. The Balaban J connectivity index is 1.78. The van der Waals surface area contributed by atoms with Crippen molar-refractivity contribution in [1.29, 1.82) is 0 Å². The van der Waals surface area contributed by atoms with Crippen LogP contribution in [0.2, 0.25) is 0 Å². The molecule has 1 atom stereocenters. The van der Waals surface area contributed by atoms with Crippen LogP contribution in [0.5, 0.6) is 0 Å². The van der Waals surface area contributed by atoms with Crippen LogP contribution in [0.25, 0.3) is 0 Å². The predicted molar refractivity (Wildman–Crippen MR) is 105 cm³/mol. The molecule has 6 nitrogen and oxygen atoms in total. The van der Waals surface area contributed by atoms with Crippen LogP contribution in [0, 0.1) is 6.92 Å². The number of benzene rings is 2. The lowest BCUT2D eigenvalue weighted by Gasteiger charge is -2.18. The minimum absolute atomic E-state index is 0.312. The normalized spacial score (nSPS) is 11.6. The number of nitrogens with zero attached hydrogens (tertiary/aromatic N) is 1. The molecule has 2 amide bonds. The van der Waals surface area contributed by atoms with Gasteiger partial charge in [-0.25, -0.2) is 0 Å². The molecule has 0 spiro atoms. The van der Waals surface area contributed by atoms with Crippen molar-refractivity contribution in [2.75, 3.05) is 5.32 Å². The molecule has 0 saturated heterocycles. The van der Waals surface area contributed by atoms with E-state index < -0.39 is 6.04 Å². The average Bonchev–Trinajstić information content (AvgIpc) is 3.06. The third-order valence-corrected chi connectivity index (χ3v) is 4.36. The van der Waals surface area contributed by atoms with Gasteiger partial charge in [0.15, 0.2) is 5.82 Å². The minimum atomic E-state index is -0.768. The quantitative estimate of drug-likeness (QED) is 0.627. The third kappa shape index (κ3) is 5.27. The molecule has 0 bridgehead atoms. The summed E-state index contributed by atoms with van der Waals surface area (Å²) in [7, 11) is 0. The highest BCUT2D eigenvalue weighted by molar-refractivity contribution is 9.10. The first-order valence-corrected chi connectivity index (χ1v) is 9.15. The van der Waals surface area contributed by atoms with Crippen LogP contribution >= 0.6 is 15.9 Å². The molecule has 2 aromatic carbocycles. The van der Waals surface area contributed by atoms with Gasteiger partial charge in [0.1, 0.15) is 11.8 Å². The molecule has 2 N–H and O–H groups in total. The highest BCUT2D eigenvalue weighted by Gasteiger charge is 2.23. The number of anilines is 1. The highest BCUT2D eigenvalue weighted by Crippen LogP contribution is 2.13. The van der Waals surface area contributed by atoms with Crippen molar-refractivity contribution in [3.63, 3.8) is 0 Å². The van der Waals surface area contributed by atoms with Gasteiger partial charge in [-0.3, -0.25) is 9.59 Å². The van der Waals surface area contributed by atoms with Crippen LogP contribution < -0.4 is 10.6 Å². The summed E-state index contributed by atoms with van der Waals surface area (Å²) < 4.78 is 5.76. The molecular formula is C20H18BrN3O3. The lowest BCUT2D eigenvalue weighted by molar-refractivity contribution is -0.118. The molecule has 3 aromatic rings. The van der Waals surface area contributed by atoms with Crippen LogP contribution in [0.1, 0.15) is 21.7 Å². The van der Waals surface area contributed by atoms with Gasteiger partial charge in [-0.05, 0) is 30.7 Å². The average molecular weight is 428 g/mol. The fraction of sp³-hybridized carbons (Fsp3) is 0.150. The molecule has 0 fully saturated rings. The van der Waals surface area contributed by atoms with Crippen LogP contribution in [-0.4, -0.2) is 23.0 Å². The van der Waals surface area contributed by atoms with Crippen molar-refractivity contribution >= 4 is 33.6 Å². The van der Waals surface area contributed by atoms with E-state index in [9.17, 15) is 9.59 Å². The number of hydrogen-bond donors (Lipinski definition) is 2. The number of carbonyl (C=O) groups excluding carboxylic acids is 2. The number of nitrogens with one attached hydrogen (secondary N) is 2. The van der Waals surface area contributed by atoms with Gasteiger partial charge in [-0.1, -0.05) is 57.5 Å². The maximum Gasteiger partial charge on any atom is 0.251 e. The Kier molecular flexibility index (Phi) is 6.03. The van der Waals surface area contributed by atoms with Gasteiger partial charge in [0.2, 0.25) is 5.91 Å². The second-order valence-corrected chi connectivity index (χ2v) is 6.95. The van der Waals surface area contributed by atoms with Gasteiger partial charge in [-0.15, -0.1) is 0 Å². The van der Waals surface area contributed by atoms with Gasteiger partial charge in [-0.2, -0.15) is 0 Å². The molecule has 1 aromatic heterocycles. The molecule has 0 radical (unpaired) electrons. The van der Waals surface area contributed by atoms with Crippen LogP contribution in [-0.2, 0) is 11.2 Å². The van der Waals surface area contributed by atoms with E-state index in [1.54, 1.807) is 31.2 Å². The van der Waals surface area contributed by atoms with Crippen molar-refractivity contribution in [2.24, 2.45) is 0 Å². The Labute approximate surface area is 165 Å². The number of halogens is 1. The lowest BCUT2D eigenvalue weighted by Crippen LogP contribution is -2.45. The lowest BCUT2D eigenvalue weighted by atomic mass is 10.0. The number of aromatic nitrogens is 1. The van der Waals surface area contributed by atoms with E-state index in [1.165, 1.54) is 0 Å². The van der Waals surface area contributed by atoms with Crippen LogP contribution in [0.4, 0.5) is 5.82 Å². The maximum absolute atomic E-state index is 12.7. The monoisotopic (exact) mass is 427 g/mol. The second kappa shape index (κ2) is 8.64. The zero-order valence-corrected chi connectivity index (χ0v) is 16.2. The van der Waals surface area contributed by atoms with Gasteiger partial charge in [0.05, 0.1) is 0 Å². The number of amides is 2. The standard InChI is InChI=1S/C20H18BrN3O3/c1-13-10-18(24-27-13)23-20(26)17(11-14-6-3-2-4-7-14)22-19(25)15-8-5-9-16(21)12-15/h2-10,12,17H,11H2,1H3,(H,22,25)(H,23,24,26)/t17-/m0/s1. The fourth-order valence-electron chi connectivity index (χ4n) is 2.57. The van der Waals surface area contributed by atoms with E-state index in [-0.39, 0.29) is 11.8 Å². The minimum Gasteiger partial charge on any atom is -0.360 e. The highest BCUT2D eigenvalue weighted by atomic mass is 79.9. The zero-order chi connectivity index (χ0) is 19.2. The molecular weight excluding hydrogens is 410 g/mol. The van der Waals surface area contributed by atoms with E-state index in [0.29, 0.717) is 23.6 Å². The summed E-state index contributed by atoms with van der Waals surface area (Å²) in [6.45, 7) is 1.74. The molecule has 0 aliphatic carbocycles. The van der Waals surface area contributed by atoms with Gasteiger partial charge >= 0.3 is 0 Å². The van der Waals surface area contributed by atoms with Crippen LogP contribution in [0.3, 0.4) is 0 Å². The van der Waals surface area contributed by atoms with Crippen molar-refractivity contribution in [1.82, 2.24) is 10.5 Å². The fourth-order valence-corrected chi connectivity index (χ4v) is 2.97. The van der Waals surface area contributed by atoms with Crippen molar-refractivity contribution in [2.45, 2.75) is 19.4 Å². The first kappa shape index (κ1) is 18.8. The van der Waals surface area contributed by atoms with E-state index >= 15 is 0 Å². The molecule has 0 saturated carbocycles. The van der Waals surface area contributed by atoms with E-state index in [0.717, 1.165) is 10.0 Å². The van der Waals surface area contributed by atoms with E-state index in [1.807, 2.05) is 36.4 Å². The second-order valence-electron chi connectivity index (χ2n) is 6.04. The van der Waals surface area contributed by atoms with E-state index in [2.05, 4.69) is 31.7 Å². The molecule has 27 heavy (non-hydrogen) atoms. The van der Waals surface area contributed by atoms with Crippen molar-refractivity contribution in [3.05, 3.63) is 82.0 Å². The first-order chi connectivity index (χ1) is 13.0. The van der Waals surface area contributed by atoms with E-state index in [4.69, 9.17) is 4.52 Å². The summed E-state index contributed by atoms with van der Waals surface area (Å²) in [5.74, 6) is 0.203. The molecule has 0 aliphatic heterocycles. The summed E-state index contributed by atoms with van der Waals surface area (Å²) in [6, 6.07) is 17.3.